The van der Waals surface area contributed by atoms with E-state index >= 15 is 0 Å². The summed E-state index contributed by atoms with van der Waals surface area (Å²) in [6.45, 7) is 6.81. The van der Waals surface area contributed by atoms with Crippen molar-refractivity contribution in [2.24, 2.45) is 5.92 Å². The quantitative estimate of drug-likeness (QED) is 0.173. The van der Waals surface area contributed by atoms with Crippen LogP contribution in [0, 0.1) is 5.92 Å². The molecule has 0 aliphatic heterocycles. The van der Waals surface area contributed by atoms with Crippen LogP contribution in [0.2, 0.25) is 0 Å². The monoisotopic (exact) mass is 366 g/mol. The van der Waals surface area contributed by atoms with Crippen LogP contribution in [0.3, 0.4) is 0 Å². The molecule has 0 aliphatic carbocycles. The van der Waals surface area contributed by atoms with E-state index in [1.165, 1.54) is 89.9 Å². The van der Waals surface area contributed by atoms with Crippen molar-refractivity contribution in [1.82, 2.24) is 0 Å². The topological polar surface area (TPSA) is 26.3 Å². The molecular weight excluding hydrogens is 320 g/mol. The van der Waals surface area contributed by atoms with Crippen LogP contribution in [0.4, 0.5) is 0 Å². The van der Waals surface area contributed by atoms with Gasteiger partial charge in [0, 0.05) is 7.11 Å². The summed E-state index contributed by atoms with van der Waals surface area (Å²) in [7, 11) is 1.87. The van der Waals surface area contributed by atoms with Gasteiger partial charge >= 0.3 is 0 Å². The van der Waals surface area contributed by atoms with Crippen LogP contribution in [-0.4, -0.2) is 18.7 Å². The van der Waals surface area contributed by atoms with Crippen LogP contribution >= 0.6 is 0 Å². The van der Waals surface area contributed by atoms with Gasteiger partial charge in [0.2, 0.25) is 0 Å². The molecule has 0 radical (unpaired) electrons. The molecule has 0 spiro atoms. The highest BCUT2D eigenvalue weighted by atomic mass is 16.5. The lowest BCUT2D eigenvalue weighted by Crippen LogP contribution is -2.33. The number of unbranched alkanes of at least 4 members (excludes halogenated alkanes) is 12. The summed E-state index contributed by atoms with van der Waals surface area (Å²) in [6, 6.07) is 0. The first-order chi connectivity index (χ1) is 12.6. The highest BCUT2D eigenvalue weighted by Gasteiger charge is 2.28. The molecule has 0 aliphatic rings. The summed E-state index contributed by atoms with van der Waals surface area (Å²) >= 11 is 0. The molecule has 0 amide bonds. The maximum Gasteiger partial charge on any atom is 0.120 e. The molecule has 0 aromatic carbocycles. The highest BCUT2D eigenvalue weighted by Crippen LogP contribution is 2.31. The average Bonchev–Trinajstić information content (AvgIpc) is 2.64. The van der Waals surface area contributed by atoms with Crippen molar-refractivity contribution in [3.63, 3.8) is 0 Å². The number of hydrogen-bond acceptors (Lipinski definition) is 2. The van der Waals surface area contributed by atoms with Crippen molar-refractivity contribution in [3.05, 3.63) is 6.08 Å². The Morgan fingerprint density at radius 2 is 1.27 bits per heavy atom. The van der Waals surface area contributed by atoms with E-state index in [9.17, 15) is 4.79 Å². The Hall–Kier alpha value is -0.590. The number of carbonyl (C=O) groups excluding carboxylic acids is 1. The summed E-state index contributed by atoms with van der Waals surface area (Å²) in [5.74, 6) is 2.54. The standard InChI is InChI=1S/C24H46O2/c1-5-6-7-8-14-17-20-23(24(2,3)26-4)21-18-15-12-10-9-11-13-16-19-22-25/h19,23H,5-18,20-21H2,1-4H3. The van der Waals surface area contributed by atoms with Crippen molar-refractivity contribution in [2.45, 2.75) is 129 Å². The van der Waals surface area contributed by atoms with Gasteiger partial charge in [-0.1, -0.05) is 84.0 Å². The Labute approximate surface area is 164 Å². The van der Waals surface area contributed by atoms with Gasteiger partial charge in [0.05, 0.1) is 5.60 Å². The molecule has 0 saturated carbocycles. The van der Waals surface area contributed by atoms with Gasteiger partial charge in [0.25, 0.3) is 0 Å². The first-order valence-corrected chi connectivity index (χ1v) is 11.3. The van der Waals surface area contributed by atoms with Gasteiger partial charge in [0.15, 0.2) is 0 Å². The van der Waals surface area contributed by atoms with Gasteiger partial charge in [-0.3, -0.25) is 0 Å². The van der Waals surface area contributed by atoms with Crippen LogP contribution in [-0.2, 0) is 9.53 Å². The third-order valence-corrected chi connectivity index (χ3v) is 5.90. The normalized spacial score (nSPS) is 12.8. The van der Waals surface area contributed by atoms with Crippen molar-refractivity contribution < 1.29 is 9.53 Å². The minimum atomic E-state index is 0.00944. The molecule has 1 unspecified atom stereocenters. The van der Waals surface area contributed by atoms with Gasteiger partial charge in [-0.25, -0.2) is 4.79 Å². The van der Waals surface area contributed by atoms with E-state index < -0.39 is 0 Å². The maximum atomic E-state index is 10.1. The molecule has 0 aromatic heterocycles. The highest BCUT2D eigenvalue weighted by molar-refractivity contribution is 5.44. The van der Waals surface area contributed by atoms with Gasteiger partial charge in [0.1, 0.15) is 5.94 Å². The zero-order chi connectivity index (χ0) is 19.5. The minimum absolute atomic E-state index is 0.00944. The van der Waals surface area contributed by atoms with Crippen LogP contribution in [0.25, 0.3) is 0 Å². The Balaban J connectivity index is 3.82. The summed E-state index contributed by atoms with van der Waals surface area (Å²) < 4.78 is 5.81. The van der Waals surface area contributed by atoms with Crippen molar-refractivity contribution in [3.8, 4) is 0 Å². The first kappa shape index (κ1) is 25.4. The fourth-order valence-corrected chi connectivity index (χ4v) is 3.76. The zero-order valence-electron chi connectivity index (χ0n) is 18.3. The SMILES string of the molecule is CCCCCCCCC(CCCCCCCCCC=C=O)C(C)(C)OC. The van der Waals surface area contributed by atoms with E-state index in [2.05, 4.69) is 20.8 Å². The van der Waals surface area contributed by atoms with E-state index in [4.69, 9.17) is 4.74 Å². The van der Waals surface area contributed by atoms with Crippen molar-refractivity contribution in [1.29, 1.82) is 0 Å². The third-order valence-electron chi connectivity index (χ3n) is 5.90. The first-order valence-electron chi connectivity index (χ1n) is 11.3. The second-order valence-corrected chi connectivity index (χ2v) is 8.44. The molecular formula is C24H46O2. The van der Waals surface area contributed by atoms with E-state index in [-0.39, 0.29) is 5.60 Å². The Kier molecular flexibility index (Phi) is 17.4. The largest absolute Gasteiger partial charge is 0.379 e. The molecule has 0 rings (SSSR count). The second kappa shape index (κ2) is 17.8. The van der Waals surface area contributed by atoms with Crippen molar-refractivity contribution >= 4 is 5.94 Å². The maximum absolute atomic E-state index is 10.1. The van der Waals surface area contributed by atoms with Crippen LogP contribution in [0.1, 0.15) is 124 Å². The Morgan fingerprint density at radius 1 is 0.808 bits per heavy atom. The molecule has 0 aromatic rings. The summed E-state index contributed by atoms with van der Waals surface area (Å²) in [4.78, 5) is 10.1. The van der Waals surface area contributed by atoms with Gasteiger partial charge in [-0.05, 0) is 51.5 Å². The molecule has 0 fully saturated rings. The number of hydrogen-bond donors (Lipinski definition) is 0. The van der Waals surface area contributed by atoms with Gasteiger partial charge in [-0.15, -0.1) is 0 Å². The predicted molar refractivity (Wildman–Crippen MR) is 114 cm³/mol. The molecule has 0 bridgehead atoms. The van der Waals surface area contributed by atoms with Crippen molar-refractivity contribution in [2.75, 3.05) is 7.11 Å². The Bertz CT molecular complexity index is 342. The molecule has 0 N–H and O–H groups in total. The lowest BCUT2D eigenvalue weighted by molar-refractivity contribution is -0.0352. The fraction of sp³-hybridized carbons (Fsp3) is 0.917. The summed E-state index contributed by atoms with van der Waals surface area (Å²) in [5.41, 5.74) is 0.00944. The summed E-state index contributed by atoms with van der Waals surface area (Å²) in [6.07, 6.45) is 22.4. The molecule has 0 saturated heterocycles. The number of rotatable bonds is 19. The zero-order valence-corrected chi connectivity index (χ0v) is 18.3. The lowest BCUT2D eigenvalue weighted by atomic mass is 9.82. The van der Waals surface area contributed by atoms with E-state index in [0.29, 0.717) is 5.92 Å². The molecule has 2 nitrogen and oxygen atoms in total. The number of allylic oxidation sites excluding steroid dienone is 1. The third kappa shape index (κ3) is 14.6. The molecule has 0 heterocycles. The van der Waals surface area contributed by atoms with E-state index in [1.807, 2.05) is 13.1 Å². The van der Waals surface area contributed by atoms with E-state index in [1.54, 1.807) is 6.08 Å². The number of methoxy groups -OCH3 is 1. The fourth-order valence-electron chi connectivity index (χ4n) is 3.76. The second-order valence-electron chi connectivity index (χ2n) is 8.44. The molecule has 2 heteroatoms. The smallest absolute Gasteiger partial charge is 0.120 e. The lowest BCUT2D eigenvalue weighted by Gasteiger charge is -2.33. The molecule has 26 heavy (non-hydrogen) atoms. The molecule has 154 valence electrons. The van der Waals surface area contributed by atoms with Crippen LogP contribution in [0.5, 0.6) is 0 Å². The van der Waals surface area contributed by atoms with Gasteiger partial charge < -0.3 is 4.74 Å². The van der Waals surface area contributed by atoms with Gasteiger partial charge in [-0.2, -0.15) is 0 Å². The predicted octanol–water partition coefficient (Wildman–Crippen LogP) is 7.68. The Morgan fingerprint density at radius 3 is 1.73 bits per heavy atom. The average molecular weight is 367 g/mol. The molecule has 1 atom stereocenters. The minimum Gasteiger partial charge on any atom is -0.379 e. The van der Waals surface area contributed by atoms with E-state index in [0.717, 1.165) is 12.8 Å². The van der Waals surface area contributed by atoms with Crippen LogP contribution < -0.4 is 0 Å². The summed E-state index contributed by atoms with van der Waals surface area (Å²) in [5, 5.41) is 0. The number of ether oxygens (including phenoxy) is 1. The van der Waals surface area contributed by atoms with Crippen LogP contribution in [0.15, 0.2) is 6.08 Å².